The van der Waals surface area contributed by atoms with Crippen LogP contribution in [0.25, 0.3) is 6.08 Å². The lowest BCUT2D eigenvalue weighted by Gasteiger charge is -2.14. The summed E-state index contributed by atoms with van der Waals surface area (Å²) < 4.78 is 0. The molecular weight excluding hydrogens is 174 g/mol. The highest BCUT2D eigenvalue weighted by Gasteiger charge is 2.19. The largest absolute Gasteiger partial charge is 0.405 e. The standard InChI is InChI=1S/C11H13N3/c1-11(2,8-13)9-3-4-10(5-6-12)14-7-9/h3-7H,12H2,1-2H3/b6-5-. The second-order valence-corrected chi connectivity index (χ2v) is 3.57. The molecule has 0 aliphatic heterocycles. The minimum Gasteiger partial charge on any atom is -0.405 e. The van der Waals surface area contributed by atoms with Gasteiger partial charge in [-0.1, -0.05) is 6.07 Å². The normalized spacial score (nSPS) is 11.5. The summed E-state index contributed by atoms with van der Waals surface area (Å²) in [4.78, 5) is 4.16. The molecule has 0 atom stereocenters. The molecule has 0 bridgehead atoms. The summed E-state index contributed by atoms with van der Waals surface area (Å²) in [6.45, 7) is 3.73. The van der Waals surface area contributed by atoms with Crippen LogP contribution in [0.1, 0.15) is 25.1 Å². The van der Waals surface area contributed by atoms with E-state index in [2.05, 4.69) is 11.1 Å². The average Bonchev–Trinajstić information content (AvgIpc) is 2.19. The molecule has 1 heterocycles. The van der Waals surface area contributed by atoms with E-state index in [1.807, 2.05) is 26.0 Å². The van der Waals surface area contributed by atoms with Gasteiger partial charge in [-0.05, 0) is 37.8 Å². The summed E-state index contributed by atoms with van der Waals surface area (Å²) in [5, 5.41) is 8.91. The number of hydrogen-bond acceptors (Lipinski definition) is 3. The molecule has 0 aliphatic rings. The van der Waals surface area contributed by atoms with Gasteiger partial charge in [-0.25, -0.2) is 0 Å². The smallest absolute Gasteiger partial charge is 0.0781 e. The molecule has 72 valence electrons. The van der Waals surface area contributed by atoms with E-state index in [4.69, 9.17) is 11.0 Å². The fraction of sp³-hybridized carbons (Fsp3) is 0.273. The minimum atomic E-state index is -0.488. The van der Waals surface area contributed by atoms with Gasteiger partial charge in [0, 0.05) is 6.20 Å². The van der Waals surface area contributed by atoms with E-state index in [1.54, 1.807) is 12.3 Å². The molecule has 0 aliphatic carbocycles. The number of rotatable bonds is 2. The van der Waals surface area contributed by atoms with Gasteiger partial charge in [0.2, 0.25) is 0 Å². The zero-order chi connectivity index (χ0) is 10.6. The number of nitrogens with zero attached hydrogens (tertiary/aromatic N) is 2. The zero-order valence-corrected chi connectivity index (χ0v) is 8.36. The molecule has 0 amide bonds. The first-order chi connectivity index (χ1) is 6.60. The van der Waals surface area contributed by atoms with Gasteiger partial charge in [0.05, 0.1) is 17.2 Å². The molecule has 0 aromatic carbocycles. The molecule has 14 heavy (non-hydrogen) atoms. The molecule has 3 heteroatoms. The van der Waals surface area contributed by atoms with Crippen molar-refractivity contribution in [3.63, 3.8) is 0 Å². The highest BCUT2D eigenvalue weighted by Crippen LogP contribution is 2.21. The third-order valence-corrected chi connectivity index (χ3v) is 2.05. The van der Waals surface area contributed by atoms with Gasteiger partial charge in [-0.15, -0.1) is 0 Å². The Morgan fingerprint density at radius 2 is 2.21 bits per heavy atom. The number of nitriles is 1. The number of pyridine rings is 1. The van der Waals surface area contributed by atoms with Crippen LogP contribution < -0.4 is 5.73 Å². The molecule has 1 aromatic heterocycles. The van der Waals surface area contributed by atoms with Crippen molar-refractivity contribution in [2.45, 2.75) is 19.3 Å². The quantitative estimate of drug-likeness (QED) is 0.768. The van der Waals surface area contributed by atoms with Crippen LogP contribution in [0.15, 0.2) is 24.5 Å². The Hall–Kier alpha value is -1.82. The predicted octanol–water partition coefficient (Wildman–Crippen LogP) is 1.81. The maximum Gasteiger partial charge on any atom is 0.0781 e. The van der Waals surface area contributed by atoms with E-state index in [0.717, 1.165) is 11.3 Å². The van der Waals surface area contributed by atoms with Crippen LogP contribution in [0.5, 0.6) is 0 Å². The molecule has 2 N–H and O–H groups in total. The van der Waals surface area contributed by atoms with E-state index in [9.17, 15) is 0 Å². The number of nitrogens with two attached hydrogens (primary N) is 1. The van der Waals surface area contributed by atoms with Crippen LogP contribution in [-0.4, -0.2) is 4.98 Å². The molecule has 1 aromatic rings. The van der Waals surface area contributed by atoms with Gasteiger partial charge >= 0.3 is 0 Å². The second kappa shape index (κ2) is 3.93. The summed E-state index contributed by atoms with van der Waals surface area (Å²) >= 11 is 0. The van der Waals surface area contributed by atoms with E-state index in [1.165, 1.54) is 6.20 Å². The van der Waals surface area contributed by atoms with Gasteiger partial charge < -0.3 is 5.73 Å². The first-order valence-electron chi connectivity index (χ1n) is 4.36. The van der Waals surface area contributed by atoms with Gasteiger partial charge in [0.15, 0.2) is 0 Å². The van der Waals surface area contributed by atoms with Crippen LogP contribution in [0.2, 0.25) is 0 Å². The van der Waals surface area contributed by atoms with Gasteiger partial charge in [0.25, 0.3) is 0 Å². The first-order valence-corrected chi connectivity index (χ1v) is 4.36. The predicted molar refractivity (Wildman–Crippen MR) is 56.1 cm³/mol. The molecule has 0 saturated heterocycles. The van der Waals surface area contributed by atoms with Gasteiger partial charge in [-0.2, -0.15) is 5.26 Å². The first kappa shape index (κ1) is 10.3. The molecular formula is C11H13N3. The fourth-order valence-corrected chi connectivity index (χ4v) is 1.04. The molecule has 0 unspecified atom stereocenters. The van der Waals surface area contributed by atoms with Crippen molar-refractivity contribution >= 4 is 6.08 Å². The Kier molecular flexibility index (Phi) is 2.88. The molecule has 0 spiro atoms. The maximum atomic E-state index is 8.91. The average molecular weight is 187 g/mol. The fourth-order valence-electron chi connectivity index (χ4n) is 1.04. The van der Waals surface area contributed by atoms with Crippen molar-refractivity contribution in [3.05, 3.63) is 35.8 Å². The summed E-state index contributed by atoms with van der Waals surface area (Å²) in [5.41, 5.74) is 6.46. The van der Waals surface area contributed by atoms with Gasteiger partial charge in [-0.3, -0.25) is 4.98 Å². The van der Waals surface area contributed by atoms with Crippen LogP contribution >= 0.6 is 0 Å². The molecule has 3 nitrogen and oxygen atoms in total. The van der Waals surface area contributed by atoms with Crippen molar-refractivity contribution in [3.8, 4) is 6.07 Å². The van der Waals surface area contributed by atoms with Gasteiger partial charge in [0.1, 0.15) is 0 Å². The SMILES string of the molecule is CC(C)(C#N)c1ccc(/C=C\N)nc1. The van der Waals surface area contributed by atoms with E-state index < -0.39 is 5.41 Å². The molecule has 0 saturated carbocycles. The highest BCUT2D eigenvalue weighted by atomic mass is 14.7. The van der Waals surface area contributed by atoms with Crippen LogP contribution in [0, 0.1) is 11.3 Å². The lowest BCUT2D eigenvalue weighted by molar-refractivity contribution is 0.682. The maximum absolute atomic E-state index is 8.91. The summed E-state index contributed by atoms with van der Waals surface area (Å²) in [6, 6.07) is 5.97. The topological polar surface area (TPSA) is 62.7 Å². The van der Waals surface area contributed by atoms with E-state index in [0.29, 0.717) is 0 Å². The van der Waals surface area contributed by atoms with E-state index in [-0.39, 0.29) is 0 Å². The molecule has 1 rings (SSSR count). The zero-order valence-electron chi connectivity index (χ0n) is 8.36. The van der Waals surface area contributed by atoms with Crippen LogP contribution in [0.3, 0.4) is 0 Å². The molecule has 0 fully saturated rings. The highest BCUT2D eigenvalue weighted by molar-refractivity contribution is 5.44. The van der Waals surface area contributed by atoms with Crippen molar-refractivity contribution in [2.75, 3.05) is 0 Å². The molecule has 0 radical (unpaired) electrons. The summed E-state index contributed by atoms with van der Waals surface area (Å²) in [7, 11) is 0. The Labute approximate surface area is 83.9 Å². The third-order valence-electron chi connectivity index (χ3n) is 2.05. The summed E-state index contributed by atoms with van der Waals surface area (Å²) in [6.07, 6.45) is 4.86. The Balaban J connectivity index is 3.01. The Morgan fingerprint density at radius 1 is 1.50 bits per heavy atom. The van der Waals surface area contributed by atoms with Crippen molar-refractivity contribution < 1.29 is 0 Å². The second-order valence-electron chi connectivity index (χ2n) is 3.57. The lowest BCUT2D eigenvalue weighted by atomic mass is 9.87. The third kappa shape index (κ3) is 2.11. The Bertz CT molecular complexity index is 369. The van der Waals surface area contributed by atoms with E-state index >= 15 is 0 Å². The number of hydrogen-bond donors (Lipinski definition) is 1. The van der Waals surface area contributed by atoms with Crippen molar-refractivity contribution in [1.82, 2.24) is 4.98 Å². The lowest BCUT2D eigenvalue weighted by Crippen LogP contribution is -2.13. The van der Waals surface area contributed by atoms with Crippen molar-refractivity contribution in [1.29, 1.82) is 5.26 Å². The minimum absolute atomic E-state index is 0.488. The van der Waals surface area contributed by atoms with Crippen molar-refractivity contribution in [2.24, 2.45) is 5.73 Å². The number of aromatic nitrogens is 1. The monoisotopic (exact) mass is 187 g/mol. The van der Waals surface area contributed by atoms with Crippen LogP contribution in [0.4, 0.5) is 0 Å². The van der Waals surface area contributed by atoms with Crippen LogP contribution in [-0.2, 0) is 5.41 Å². The summed E-state index contributed by atoms with van der Waals surface area (Å²) in [5.74, 6) is 0. The Morgan fingerprint density at radius 3 is 2.64 bits per heavy atom.